The van der Waals surface area contributed by atoms with Gasteiger partial charge in [-0.2, -0.15) is 0 Å². The molecule has 2 heterocycles. The van der Waals surface area contributed by atoms with Crippen LogP contribution in [0, 0.1) is 5.41 Å². The Balaban J connectivity index is 2.06. The number of aliphatic hydroxyl groups is 2. The minimum atomic E-state index is -0.0112. The zero-order valence-corrected chi connectivity index (χ0v) is 5.93. The summed E-state index contributed by atoms with van der Waals surface area (Å²) in [5.41, 5.74) is 0.117. The molecular formula is C7H13NO2. The number of aliphatic hydroxyl groups excluding tert-OH is 2. The van der Waals surface area contributed by atoms with Crippen LogP contribution >= 0.6 is 0 Å². The van der Waals surface area contributed by atoms with Crippen molar-refractivity contribution in [1.29, 1.82) is 0 Å². The molecule has 0 aromatic rings. The van der Waals surface area contributed by atoms with Crippen LogP contribution in [0.3, 0.4) is 0 Å². The monoisotopic (exact) mass is 143 g/mol. The Bertz CT molecular complexity index is 136. The highest BCUT2D eigenvalue weighted by atomic mass is 16.3. The van der Waals surface area contributed by atoms with Gasteiger partial charge in [0.2, 0.25) is 0 Å². The molecule has 0 amide bonds. The second kappa shape index (κ2) is 1.72. The van der Waals surface area contributed by atoms with Crippen LogP contribution in [0.2, 0.25) is 0 Å². The van der Waals surface area contributed by atoms with E-state index in [1.165, 1.54) is 0 Å². The van der Waals surface area contributed by atoms with Crippen molar-refractivity contribution in [2.24, 2.45) is 5.41 Å². The fourth-order valence-electron chi connectivity index (χ4n) is 2.34. The molecule has 0 spiro atoms. The van der Waals surface area contributed by atoms with Crippen molar-refractivity contribution in [2.75, 3.05) is 19.8 Å². The highest BCUT2D eigenvalue weighted by molar-refractivity contribution is 5.16. The van der Waals surface area contributed by atoms with Crippen LogP contribution in [-0.2, 0) is 0 Å². The molecule has 2 saturated heterocycles. The smallest absolute Gasteiger partial charge is 0.0613 e. The van der Waals surface area contributed by atoms with E-state index in [4.69, 9.17) is 10.2 Å². The zero-order valence-electron chi connectivity index (χ0n) is 5.93. The summed E-state index contributed by atoms with van der Waals surface area (Å²) in [6.45, 7) is 1.36. The van der Waals surface area contributed by atoms with E-state index in [0.717, 1.165) is 19.4 Å². The molecule has 2 bridgehead atoms. The fraction of sp³-hybridized carbons (Fsp3) is 1.00. The molecule has 0 aromatic heterocycles. The average molecular weight is 143 g/mol. The van der Waals surface area contributed by atoms with Gasteiger partial charge in [-0.25, -0.2) is 0 Å². The molecule has 3 rings (SSSR count). The van der Waals surface area contributed by atoms with Crippen LogP contribution in [0.25, 0.3) is 0 Å². The van der Waals surface area contributed by atoms with E-state index in [2.05, 4.69) is 5.32 Å². The van der Waals surface area contributed by atoms with E-state index in [1.807, 2.05) is 0 Å². The van der Waals surface area contributed by atoms with Crippen molar-refractivity contribution in [2.45, 2.75) is 18.4 Å². The number of nitrogens with one attached hydrogen (secondary N) is 1. The van der Waals surface area contributed by atoms with Crippen molar-refractivity contribution in [3.05, 3.63) is 0 Å². The standard InChI is InChI=1S/C7H13NO2/c9-4-6-1-7(2-6,5-10)8-3-6/h8-10H,1-5H2. The minimum Gasteiger partial charge on any atom is -0.396 e. The van der Waals surface area contributed by atoms with Crippen LogP contribution in [0.1, 0.15) is 12.8 Å². The van der Waals surface area contributed by atoms with Crippen molar-refractivity contribution in [3.63, 3.8) is 0 Å². The third-order valence-electron chi connectivity index (χ3n) is 2.90. The quantitative estimate of drug-likeness (QED) is 0.469. The molecule has 0 atom stereocenters. The molecular weight excluding hydrogens is 130 g/mol. The summed E-state index contributed by atoms with van der Waals surface area (Å²) in [7, 11) is 0. The van der Waals surface area contributed by atoms with Crippen LogP contribution in [0.4, 0.5) is 0 Å². The fourth-order valence-corrected chi connectivity index (χ4v) is 2.34. The maximum Gasteiger partial charge on any atom is 0.0613 e. The van der Waals surface area contributed by atoms with E-state index in [-0.39, 0.29) is 24.2 Å². The minimum absolute atomic E-state index is 0.0112. The van der Waals surface area contributed by atoms with E-state index >= 15 is 0 Å². The largest absolute Gasteiger partial charge is 0.396 e. The zero-order chi connectivity index (χ0) is 7.24. The third kappa shape index (κ3) is 0.603. The number of hydrogen-bond donors (Lipinski definition) is 3. The molecule has 3 aliphatic rings. The first-order chi connectivity index (χ1) is 4.74. The molecule has 3 heteroatoms. The molecule has 0 unspecified atom stereocenters. The average Bonchev–Trinajstić information content (AvgIpc) is 2.40. The Morgan fingerprint density at radius 1 is 1.20 bits per heavy atom. The Kier molecular flexibility index (Phi) is 1.14. The normalized spacial score (nSPS) is 51.0. The molecule has 3 N–H and O–H groups in total. The van der Waals surface area contributed by atoms with Gasteiger partial charge in [-0.05, 0) is 12.8 Å². The van der Waals surface area contributed by atoms with Gasteiger partial charge in [0.25, 0.3) is 0 Å². The van der Waals surface area contributed by atoms with Crippen molar-refractivity contribution >= 4 is 0 Å². The Morgan fingerprint density at radius 2 is 1.90 bits per heavy atom. The van der Waals surface area contributed by atoms with Gasteiger partial charge >= 0.3 is 0 Å². The maximum atomic E-state index is 8.95. The first-order valence-electron chi connectivity index (χ1n) is 3.71. The molecule has 0 radical (unpaired) electrons. The highest BCUT2D eigenvalue weighted by Gasteiger charge is 2.59. The molecule has 1 aliphatic carbocycles. The number of fused-ring (bicyclic) bond motifs is 1. The number of rotatable bonds is 2. The van der Waals surface area contributed by atoms with Crippen molar-refractivity contribution < 1.29 is 10.2 Å². The second-order valence-electron chi connectivity index (χ2n) is 3.80. The predicted molar refractivity (Wildman–Crippen MR) is 36.6 cm³/mol. The summed E-state index contributed by atoms with van der Waals surface area (Å²) >= 11 is 0. The lowest BCUT2D eigenvalue weighted by Crippen LogP contribution is -2.51. The van der Waals surface area contributed by atoms with Crippen molar-refractivity contribution in [3.8, 4) is 0 Å². The molecule has 10 heavy (non-hydrogen) atoms. The van der Waals surface area contributed by atoms with Gasteiger partial charge in [0.05, 0.1) is 13.2 Å². The van der Waals surface area contributed by atoms with Crippen LogP contribution in [0.15, 0.2) is 0 Å². The maximum absolute atomic E-state index is 8.95. The van der Waals surface area contributed by atoms with Crippen LogP contribution in [0.5, 0.6) is 0 Å². The summed E-state index contributed by atoms with van der Waals surface area (Å²) in [5.74, 6) is 0. The Morgan fingerprint density at radius 3 is 2.20 bits per heavy atom. The lowest BCUT2D eigenvalue weighted by Gasteiger charge is -2.44. The highest BCUT2D eigenvalue weighted by Crippen LogP contribution is 2.53. The van der Waals surface area contributed by atoms with Gasteiger partial charge in [-0.1, -0.05) is 0 Å². The lowest BCUT2D eigenvalue weighted by molar-refractivity contribution is 0.0132. The molecule has 3 fully saturated rings. The summed E-state index contributed by atoms with van der Waals surface area (Å²) in [6.07, 6.45) is 1.90. The second-order valence-corrected chi connectivity index (χ2v) is 3.80. The molecule has 3 nitrogen and oxygen atoms in total. The van der Waals surface area contributed by atoms with E-state index in [9.17, 15) is 0 Å². The van der Waals surface area contributed by atoms with Crippen molar-refractivity contribution in [1.82, 2.24) is 5.32 Å². The SMILES string of the molecule is OCC12CNC(CO)(C1)C2. The van der Waals surface area contributed by atoms with E-state index in [1.54, 1.807) is 0 Å². The van der Waals surface area contributed by atoms with Crippen LogP contribution < -0.4 is 5.32 Å². The Labute approximate surface area is 60.1 Å². The van der Waals surface area contributed by atoms with Gasteiger partial charge in [0.15, 0.2) is 0 Å². The molecule has 0 aromatic carbocycles. The first-order valence-corrected chi connectivity index (χ1v) is 3.71. The van der Waals surface area contributed by atoms with Crippen LogP contribution in [-0.4, -0.2) is 35.5 Å². The summed E-state index contributed by atoms with van der Waals surface area (Å²) in [6, 6.07) is 0. The lowest BCUT2D eigenvalue weighted by atomic mass is 9.63. The van der Waals surface area contributed by atoms with Gasteiger partial charge in [-0.3, -0.25) is 0 Å². The molecule has 2 aliphatic heterocycles. The number of hydrogen-bond acceptors (Lipinski definition) is 3. The predicted octanol–water partition coefficient (Wildman–Crippen LogP) is -0.907. The van der Waals surface area contributed by atoms with E-state index < -0.39 is 0 Å². The molecule has 58 valence electrons. The third-order valence-corrected chi connectivity index (χ3v) is 2.90. The van der Waals surface area contributed by atoms with Gasteiger partial charge in [-0.15, -0.1) is 0 Å². The molecule has 1 saturated carbocycles. The first kappa shape index (κ1) is 6.58. The van der Waals surface area contributed by atoms with Gasteiger partial charge in [0.1, 0.15) is 0 Å². The van der Waals surface area contributed by atoms with Gasteiger partial charge < -0.3 is 15.5 Å². The Hall–Kier alpha value is -0.120. The summed E-state index contributed by atoms with van der Waals surface area (Å²) in [5, 5.41) is 21.1. The topological polar surface area (TPSA) is 52.5 Å². The summed E-state index contributed by atoms with van der Waals surface area (Å²) < 4.78 is 0. The van der Waals surface area contributed by atoms with E-state index in [0.29, 0.717) is 0 Å². The van der Waals surface area contributed by atoms with Gasteiger partial charge in [0, 0.05) is 17.5 Å². The summed E-state index contributed by atoms with van der Waals surface area (Å²) in [4.78, 5) is 0.